The summed E-state index contributed by atoms with van der Waals surface area (Å²) in [6, 6.07) is 6.06. The number of rotatable bonds is 1. The Balaban J connectivity index is 2.07. The van der Waals surface area contributed by atoms with Crippen molar-refractivity contribution in [1.29, 1.82) is 0 Å². The molecule has 3 nitrogen and oxygen atoms in total. The summed E-state index contributed by atoms with van der Waals surface area (Å²) >= 11 is 5.80. The molecule has 1 aliphatic carbocycles. The summed E-state index contributed by atoms with van der Waals surface area (Å²) in [6.45, 7) is 3.86. The van der Waals surface area contributed by atoms with Crippen LogP contribution in [-0.4, -0.2) is 15.9 Å². The van der Waals surface area contributed by atoms with Crippen LogP contribution in [0.3, 0.4) is 0 Å². The molecule has 0 fully saturated rings. The maximum Gasteiger partial charge on any atom is 0.170 e. The van der Waals surface area contributed by atoms with Crippen molar-refractivity contribution in [2.75, 3.05) is 0 Å². The highest BCUT2D eigenvalue weighted by atomic mass is 35.5. The maximum atomic E-state index is 13.6. The molecular formula is C17H15ClFNO2. The van der Waals surface area contributed by atoms with Gasteiger partial charge in [-0.2, -0.15) is 0 Å². The number of hydrogen-bond donors (Lipinski definition) is 1. The zero-order valence-electron chi connectivity index (χ0n) is 12.3. The molecule has 0 aliphatic heterocycles. The van der Waals surface area contributed by atoms with E-state index in [9.17, 15) is 14.3 Å². The number of aromatic hydroxyl groups is 1. The Hall–Kier alpha value is -1.94. The van der Waals surface area contributed by atoms with E-state index in [2.05, 4.69) is 4.98 Å². The average molecular weight is 320 g/mol. The van der Waals surface area contributed by atoms with Crippen LogP contribution in [0.4, 0.5) is 4.39 Å². The molecular weight excluding hydrogens is 305 g/mol. The van der Waals surface area contributed by atoms with Gasteiger partial charge in [-0.05, 0) is 37.1 Å². The van der Waals surface area contributed by atoms with E-state index in [1.54, 1.807) is 12.1 Å². The second-order valence-corrected chi connectivity index (χ2v) is 6.60. The van der Waals surface area contributed by atoms with Gasteiger partial charge in [-0.3, -0.25) is 9.78 Å². The van der Waals surface area contributed by atoms with Gasteiger partial charge in [0, 0.05) is 16.5 Å². The lowest BCUT2D eigenvalue weighted by atomic mass is 9.75. The molecule has 1 heterocycles. The molecule has 0 atom stereocenters. The number of nitrogens with zero attached hydrogens (tertiary/aromatic N) is 1. The summed E-state index contributed by atoms with van der Waals surface area (Å²) in [6.07, 6.45) is 1.44. The first kappa shape index (κ1) is 15.0. The fourth-order valence-electron chi connectivity index (χ4n) is 2.68. The molecule has 0 radical (unpaired) electrons. The van der Waals surface area contributed by atoms with Crippen molar-refractivity contribution >= 4 is 17.4 Å². The van der Waals surface area contributed by atoms with Gasteiger partial charge in [0.25, 0.3) is 0 Å². The molecule has 1 aromatic carbocycles. The van der Waals surface area contributed by atoms with Gasteiger partial charge < -0.3 is 5.11 Å². The molecule has 0 spiro atoms. The van der Waals surface area contributed by atoms with Crippen LogP contribution in [-0.2, 0) is 6.42 Å². The quantitative estimate of drug-likeness (QED) is 0.847. The zero-order chi connectivity index (χ0) is 16.1. The lowest BCUT2D eigenvalue weighted by Gasteiger charge is -2.29. The Bertz CT molecular complexity index is 763. The van der Waals surface area contributed by atoms with Crippen LogP contribution in [0.5, 0.6) is 5.75 Å². The predicted octanol–water partition coefficient (Wildman–Crippen LogP) is 4.40. The van der Waals surface area contributed by atoms with Crippen molar-refractivity contribution in [3.8, 4) is 17.0 Å². The Morgan fingerprint density at radius 3 is 2.73 bits per heavy atom. The summed E-state index contributed by atoms with van der Waals surface area (Å²) in [5.74, 6) is -1.28. The Morgan fingerprint density at radius 2 is 2.05 bits per heavy atom. The molecule has 0 saturated carbocycles. The van der Waals surface area contributed by atoms with Gasteiger partial charge in [-0.25, -0.2) is 4.39 Å². The van der Waals surface area contributed by atoms with Crippen molar-refractivity contribution in [3.63, 3.8) is 0 Å². The first-order valence-corrected chi connectivity index (χ1v) is 7.40. The number of aryl methyl sites for hydroxylation is 1. The van der Waals surface area contributed by atoms with Crippen LogP contribution in [0.2, 0.25) is 5.02 Å². The lowest BCUT2D eigenvalue weighted by Crippen LogP contribution is -2.31. The first-order valence-electron chi connectivity index (χ1n) is 7.03. The van der Waals surface area contributed by atoms with Gasteiger partial charge in [-0.15, -0.1) is 0 Å². The van der Waals surface area contributed by atoms with E-state index in [4.69, 9.17) is 11.6 Å². The van der Waals surface area contributed by atoms with Gasteiger partial charge >= 0.3 is 0 Å². The van der Waals surface area contributed by atoms with Crippen molar-refractivity contribution < 1.29 is 14.3 Å². The highest BCUT2D eigenvalue weighted by Gasteiger charge is 2.34. The molecule has 1 aromatic heterocycles. The van der Waals surface area contributed by atoms with E-state index >= 15 is 0 Å². The van der Waals surface area contributed by atoms with Crippen LogP contribution < -0.4 is 0 Å². The zero-order valence-corrected chi connectivity index (χ0v) is 13.0. The maximum absolute atomic E-state index is 13.6. The van der Waals surface area contributed by atoms with E-state index in [-0.39, 0.29) is 16.2 Å². The molecule has 0 saturated heterocycles. The van der Waals surface area contributed by atoms with Gasteiger partial charge in [0.05, 0.1) is 16.4 Å². The number of Topliss-reactive ketones (excluding diaryl/α,β-unsaturated/α-hetero) is 1. The number of phenols is 1. The number of fused-ring (bicyclic) bond motifs is 1. The van der Waals surface area contributed by atoms with E-state index in [1.807, 2.05) is 13.8 Å². The topological polar surface area (TPSA) is 50.2 Å². The third-order valence-corrected chi connectivity index (χ3v) is 4.42. The number of hydrogen-bond acceptors (Lipinski definition) is 3. The normalized spacial score (nSPS) is 16.5. The van der Waals surface area contributed by atoms with E-state index < -0.39 is 11.6 Å². The summed E-state index contributed by atoms with van der Waals surface area (Å²) < 4.78 is 13.6. The fraction of sp³-hybridized carbons (Fsp3) is 0.294. The molecule has 114 valence electrons. The number of phenolic OH excluding ortho intramolecular Hbond substituents is 1. The Kier molecular flexibility index (Phi) is 3.44. The highest BCUT2D eigenvalue weighted by Crippen LogP contribution is 2.36. The standard InChI is InChI=1S/C17H15ClFNO2/c1-17(2)6-5-14-10(16(17)22)3-4-13(20-14)9-7-11(18)15(21)12(19)8-9/h3-4,7-8,21H,5-6H2,1-2H3. The van der Waals surface area contributed by atoms with Crippen molar-refractivity contribution in [2.45, 2.75) is 26.7 Å². The molecule has 1 aliphatic rings. The average Bonchev–Trinajstić information content (AvgIpc) is 2.48. The molecule has 5 heteroatoms. The van der Waals surface area contributed by atoms with Gasteiger partial charge in [0.2, 0.25) is 0 Å². The number of carbonyl (C=O) groups is 1. The van der Waals surface area contributed by atoms with Crippen LogP contribution in [0.15, 0.2) is 24.3 Å². The number of ketones is 1. The van der Waals surface area contributed by atoms with Crippen molar-refractivity contribution in [3.05, 3.63) is 46.4 Å². The minimum atomic E-state index is -0.792. The number of pyridine rings is 1. The van der Waals surface area contributed by atoms with Gasteiger partial charge in [0.15, 0.2) is 17.3 Å². The van der Waals surface area contributed by atoms with Crippen molar-refractivity contribution in [2.24, 2.45) is 5.41 Å². The third-order valence-electron chi connectivity index (χ3n) is 4.13. The minimum Gasteiger partial charge on any atom is -0.504 e. The Morgan fingerprint density at radius 1 is 1.32 bits per heavy atom. The summed E-state index contributed by atoms with van der Waals surface area (Å²) in [4.78, 5) is 16.9. The minimum absolute atomic E-state index is 0.0632. The molecule has 0 unspecified atom stereocenters. The third kappa shape index (κ3) is 2.37. The molecule has 0 amide bonds. The molecule has 3 rings (SSSR count). The number of halogens is 2. The lowest BCUT2D eigenvalue weighted by molar-refractivity contribution is 0.0809. The fourth-order valence-corrected chi connectivity index (χ4v) is 2.89. The van der Waals surface area contributed by atoms with Gasteiger partial charge in [0.1, 0.15) is 0 Å². The molecule has 2 aromatic rings. The summed E-state index contributed by atoms with van der Waals surface area (Å²) in [5.41, 5.74) is 1.99. The number of carbonyl (C=O) groups excluding carboxylic acids is 1. The summed E-state index contributed by atoms with van der Waals surface area (Å²) in [5, 5.41) is 9.33. The highest BCUT2D eigenvalue weighted by molar-refractivity contribution is 6.32. The van der Waals surface area contributed by atoms with Crippen molar-refractivity contribution in [1.82, 2.24) is 4.98 Å². The van der Waals surface area contributed by atoms with E-state index in [0.717, 1.165) is 12.1 Å². The van der Waals surface area contributed by atoms with Gasteiger partial charge in [-0.1, -0.05) is 25.4 Å². The smallest absolute Gasteiger partial charge is 0.170 e. The van der Waals surface area contributed by atoms with Crippen LogP contribution in [0.25, 0.3) is 11.3 Å². The van der Waals surface area contributed by atoms with Crippen LogP contribution >= 0.6 is 11.6 Å². The second kappa shape index (κ2) is 5.06. The SMILES string of the molecule is CC1(C)CCc2nc(-c3cc(F)c(O)c(Cl)c3)ccc2C1=O. The second-order valence-electron chi connectivity index (χ2n) is 6.19. The van der Waals surface area contributed by atoms with Crippen LogP contribution in [0.1, 0.15) is 36.3 Å². The number of benzene rings is 1. The molecule has 22 heavy (non-hydrogen) atoms. The largest absolute Gasteiger partial charge is 0.504 e. The summed E-state index contributed by atoms with van der Waals surface area (Å²) in [7, 11) is 0. The first-order chi connectivity index (χ1) is 10.3. The predicted molar refractivity (Wildman–Crippen MR) is 82.7 cm³/mol. The monoisotopic (exact) mass is 319 g/mol. The molecule has 1 N–H and O–H groups in total. The van der Waals surface area contributed by atoms with Crippen LogP contribution in [0, 0.1) is 11.2 Å². The number of aromatic nitrogens is 1. The van der Waals surface area contributed by atoms with E-state index in [0.29, 0.717) is 23.2 Å². The Labute approximate surface area is 132 Å². The van der Waals surface area contributed by atoms with E-state index in [1.165, 1.54) is 12.1 Å². The molecule has 0 bridgehead atoms.